The largest absolute Gasteiger partial charge is 0.289 e. The SMILES string of the molecule is O=C1c2ccccc2C(=O)c2cc(NS(=O)(=O)c3ccccc3)ccc21. The summed E-state index contributed by atoms with van der Waals surface area (Å²) in [5, 5.41) is 0. The molecular formula is C20H13NO4S. The molecule has 0 radical (unpaired) electrons. The minimum absolute atomic E-state index is 0.116. The number of carbonyl (C=O) groups excluding carboxylic acids is 2. The molecular weight excluding hydrogens is 350 g/mol. The molecule has 1 aliphatic rings. The monoisotopic (exact) mass is 363 g/mol. The molecule has 3 aromatic carbocycles. The van der Waals surface area contributed by atoms with Crippen LogP contribution in [0, 0.1) is 0 Å². The smallest absolute Gasteiger partial charge is 0.261 e. The van der Waals surface area contributed by atoms with Crippen molar-refractivity contribution in [3.05, 3.63) is 95.1 Å². The maximum atomic E-state index is 12.7. The van der Waals surface area contributed by atoms with Crippen LogP contribution in [0.5, 0.6) is 0 Å². The molecule has 0 unspecified atom stereocenters. The predicted molar refractivity (Wildman–Crippen MR) is 97.0 cm³/mol. The van der Waals surface area contributed by atoms with Crippen molar-refractivity contribution in [2.45, 2.75) is 4.90 Å². The maximum Gasteiger partial charge on any atom is 0.261 e. The number of benzene rings is 3. The van der Waals surface area contributed by atoms with Gasteiger partial charge in [0.25, 0.3) is 10.0 Å². The highest BCUT2D eigenvalue weighted by Gasteiger charge is 2.29. The third-order valence-corrected chi connectivity index (χ3v) is 5.63. The third kappa shape index (κ3) is 2.60. The molecule has 1 N–H and O–H groups in total. The van der Waals surface area contributed by atoms with Gasteiger partial charge in [-0.1, -0.05) is 42.5 Å². The van der Waals surface area contributed by atoms with Crippen LogP contribution in [0.3, 0.4) is 0 Å². The van der Waals surface area contributed by atoms with Gasteiger partial charge in [-0.25, -0.2) is 8.42 Å². The van der Waals surface area contributed by atoms with Crippen molar-refractivity contribution in [3.63, 3.8) is 0 Å². The summed E-state index contributed by atoms with van der Waals surface area (Å²) in [6.45, 7) is 0. The Hall–Kier alpha value is -3.25. The summed E-state index contributed by atoms with van der Waals surface area (Å²) in [5.41, 5.74) is 1.39. The summed E-state index contributed by atoms with van der Waals surface area (Å²) in [5.74, 6) is -0.538. The molecule has 4 rings (SSSR count). The molecule has 128 valence electrons. The Morgan fingerprint density at radius 1 is 0.615 bits per heavy atom. The maximum absolute atomic E-state index is 12.7. The van der Waals surface area contributed by atoms with E-state index in [2.05, 4.69) is 4.72 Å². The molecule has 6 heteroatoms. The van der Waals surface area contributed by atoms with Crippen LogP contribution in [-0.4, -0.2) is 20.0 Å². The number of hydrogen-bond acceptors (Lipinski definition) is 4. The molecule has 0 saturated carbocycles. The fourth-order valence-electron chi connectivity index (χ4n) is 2.98. The van der Waals surface area contributed by atoms with Gasteiger partial charge < -0.3 is 0 Å². The van der Waals surface area contributed by atoms with E-state index in [1.165, 1.54) is 30.3 Å². The van der Waals surface area contributed by atoms with Crippen molar-refractivity contribution in [1.82, 2.24) is 0 Å². The minimum Gasteiger partial charge on any atom is -0.289 e. The van der Waals surface area contributed by atoms with Crippen molar-refractivity contribution in [2.24, 2.45) is 0 Å². The lowest BCUT2D eigenvalue weighted by atomic mass is 9.84. The standard InChI is InChI=1S/C20H13NO4S/c22-19-15-8-4-5-9-16(15)20(23)18-12-13(10-11-17(18)19)21-26(24,25)14-6-2-1-3-7-14/h1-12,21H. The fraction of sp³-hybridized carbons (Fsp3) is 0. The number of carbonyl (C=O) groups is 2. The topological polar surface area (TPSA) is 80.3 Å². The van der Waals surface area contributed by atoms with E-state index in [9.17, 15) is 18.0 Å². The third-order valence-electron chi connectivity index (χ3n) is 4.23. The average molecular weight is 363 g/mol. The van der Waals surface area contributed by atoms with E-state index in [1.807, 2.05) is 0 Å². The van der Waals surface area contributed by atoms with Crippen molar-refractivity contribution < 1.29 is 18.0 Å². The highest BCUT2D eigenvalue weighted by atomic mass is 32.2. The summed E-state index contributed by atoms with van der Waals surface area (Å²) in [6.07, 6.45) is 0. The van der Waals surface area contributed by atoms with E-state index in [-0.39, 0.29) is 33.3 Å². The summed E-state index contributed by atoms with van der Waals surface area (Å²) < 4.78 is 27.4. The summed E-state index contributed by atoms with van der Waals surface area (Å²) in [7, 11) is -3.78. The van der Waals surface area contributed by atoms with Crippen LogP contribution >= 0.6 is 0 Å². The molecule has 0 aromatic heterocycles. The summed E-state index contributed by atoms with van der Waals surface area (Å²) in [6, 6.07) is 18.9. The van der Waals surface area contributed by atoms with Crippen LogP contribution in [0.1, 0.15) is 31.8 Å². The lowest BCUT2D eigenvalue weighted by Crippen LogP contribution is -2.21. The minimum atomic E-state index is -3.78. The Morgan fingerprint density at radius 3 is 1.81 bits per heavy atom. The second kappa shape index (κ2) is 5.93. The van der Waals surface area contributed by atoms with Gasteiger partial charge in [0.1, 0.15) is 0 Å². The van der Waals surface area contributed by atoms with Crippen molar-refractivity contribution >= 4 is 27.3 Å². The Bertz CT molecular complexity index is 1150. The second-order valence-electron chi connectivity index (χ2n) is 5.88. The first-order valence-corrected chi connectivity index (χ1v) is 9.36. The van der Waals surface area contributed by atoms with E-state index in [1.54, 1.807) is 42.5 Å². The van der Waals surface area contributed by atoms with Crippen LogP contribution < -0.4 is 4.72 Å². The van der Waals surface area contributed by atoms with Gasteiger partial charge in [-0.05, 0) is 30.3 Å². The van der Waals surface area contributed by atoms with E-state index in [4.69, 9.17) is 0 Å². The lowest BCUT2D eigenvalue weighted by molar-refractivity contribution is 0.0979. The molecule has 0 bridgehead atoms. The number of sulfonamides is 1. The molecule has 0 saturated heterocycles. The van der Waals surface area contributed by atoms with E-state index >= 15 is 0 Å². The normalized spacial score (nSPS) is 13.1. The van der Waals surface area contributed by atoms with Gasteiger partial charge in [0.2, 0.25) is 0 Å². The predicted octanol–water partition coefficient (Wildman–Crippen LogP) is 3.26. The summed E-state index contributed by atoms with van der Waals surface area (Å²) in [4.78, 5) is 25.4. The zero-order valence-corrected chi connectivity index (χ0v) is 14.3. The molecule has 0 heterocycles. The molecule has 3 aromatic rings. The number of nitrogens with one attached hydrogen (secondary N) is 1. The van der Waals surface area contributed by atoms with Gasteiger partial charge in [0, 0.05) is 27.9 Å². The highest BCUT2D eigenvalue weighted by molar-refractivity contribution is 7.92. The number of fused-ring (bicyclic) bond motifs is 2. The number of hydrogen-bond donors (Lipinski definition) is 1. The first kappa shape index (κ1) is 16.2. The number of ketones is 2. The molecule has 0 fully saturated rings. The molecule has 1 aliphatic carbocycles. The van der Waals surface area contributed by atoms with Gasteiger partial charge >= 0.3 is 0 Å². The van der Waals surface area contributed by atoms with Gasteiger partial charge in [-0.2, -0.15) is 0 Å². The average Bonchev–Trinajstić information content (AvgIpc) is 2.66. The van der Waals surface area contributed by atoms with Gasteiger partial charge in [-0.3, -0.25) is 14.3 Å². The zero-order valence-electron chi connectivity index (χ0n) is 13.5. The van der Waals surface area contributed by atoms with Crippen molar-refractivity contribution in [3.8, 4) is 0 Å². The van der Waals surface area contributed by atoms with Crippen LogP contribution in [0.2, 0.25) is 0 Å². The zero-order chi connectivity index (χ0) is 18.3. The van der Waals surface area contributed by atoms with Crippen LogP contribution in [0.4, 0.5) is 5.69 Å². The highest BCUT2D eigenvalue weighted by Crippen LogP contribution is 2.29. The summed E-state index contributed by atoms with van der Waals surface area (Å²) >= 11 is 0. The van der Waals surface area contributed by atoms with Crippen molar-refractivity contribution in [2.75, 3.05) is 4.72 Å². The van der Waals surface area contributed by atoms with Gasteiger partial charge in [0.15, 0.2) is 11.6 Å². The first-order valence-electron chi connectivity index (χ1n) is 7.88. The number of anilines is 1. The van der Waals surface area contributed by atoms with Gasteiger partial charge in [-0.15, -0.1) is 0 Å². The molecule has 0 aliphatic heterocycles. The van der Waals surface area contributed by atoms with Crippen LogP contribution in [-0.2, 0) is 10.0 Å². The molecule has 0 spiro atoms. The lowest BCUT2D eigenvalue weighted by Gasteiger charge is -2.18. The molecule has 26 heavy (non-hydrogen) atoms. The Balaban J connectivity index is 1.75. The van der Waals surface area contributed by atoms with Crippen molar-refractivity contribution in [1.29, 1.82) is 0 Å². The molecule has 0 amide bonds. The number of rotatable bonds is 3. The van der Waals surface area contributed by atoms with Gasteiger partial charge in [0.05, 0.1) is 4.90 Å². The molecule has 5 nitrogen and oxygen atoms in total. The fourth-order valence-corrected chi connectivity index (χ4v) is 4.05. The van der Waals surface area contributed by atoms with E-state index in [0.717, 1.165) is 0 Å². The quantitative estimate of drug-likeness (QED) is 0.606. The molecule has 0 atom stereocenters. The Morgan fingerprint density at radius 2 is 1.15 bits per heavy atom. The Kier molecular flexibility index (Phi) is 3.70. The first-order chi connectivity index (χ1) is 12.5. The van der Waals surface area contributed by atoms with E-state index in [0.29, 0.717) is 11.1 Å². The Labute approximate surface area is 150 Å². The second-order valence-corrected chi connectivity index (χ2v) is 7.57. The van der Waals surface area contributed by atoms with Crippen LogP contribution in [0.25, 0.3) is 0 Å². The van der Waals surface area contributed by atoms with E-state index < -0.39 is 10.0 Å². The van der Waals surface area contributed by atoms with Crippen LogP contribution in [0.15, 0.2) is 77.7 Å².